The lowest BCUT2D eigenvalue weighted by Gasteiger charge is -2.03. The van der Waals surface area contributed by atoms with Crippen molar-refractivity contribution in [3.05, 3.63) is 54.1 Å². The lowest BCUT2D eigenvalue weighted by atomic mass is 10.1. The molecule has 0 spiro atoms. The van der Waals surface area contributed by atoms with Gasteiger partial charge in [0.1, 0.15) is 5.82 Å². The Balaban J connectivity index is 1.63. The molecule has 0 radical (unpaired) electrons. The summed E-state index contributed by atoms with van der Waals surface area (Å²) in [5.41, 5.74) is 1.27. The van der Waals surface area contributed by atoms with Gasteiger partial charge in [-0.1, -0.05) is 30.3 Å². The Labute approximate surface area is 106 Å². The predicted molar refractivity (Wildman–Crippen MR) is 69.8 cm³/mol. The molecule has 2 N–H and O–H groups in total. The molecule has 0 fully saturated rings. The molecule has 0 bridgehead atoms. The summed E-state index contributed by atoms with van der Waals surface area (Å²) in [7, 11) is 0. The Kier molecular flexibility index (Phi) is 4.53. The average molecular weight is 243 g/mol. The molecule has 1 aromatic carbocycles. The Hall–Kier alpha value is -2.10. The molecule has 1 heterocycles. The van der Waals surface area contributed by atoms with Crippen LogP contribution in [-0.4, -0.2) is 15.9 Å². The Bertz CT molecular complexity index is 465. The van der Waals surface area contributed by atoms with Gasteiger partial charge in [0.05, 0.1) is 6.54 Å². The van der Waals surface area contributed by atoms with Crippen LogP contribution < -0.4 is 5.32 Å². The van der Waals surface area contributed by atoms with Crippen molar-refractivity contribution < 1.29 is 4.79 Å². The maximum absolute atomic E-state index is 11.6. The van der Waals surface area contributed by atoms with E-state index in [9.17, 15) is 4.79 Å². The summed E-state index contributed by atoms with van der Waals surface area (Å²) in [4.78, 5) is 18.6. The smallest absolute Gasteiger partial charge is 0.220 e. The molecule has 1 amide bonds. The molecule has 0 aliphatic carbocycles. The Morgan fingerprint density at radius 1 is 1.28 bits per heavy atom. The van der Waals surface area contributed by atoms with Gasteiger partial charge in [0, 0.05) is 18.8 Å². The van der Waals surface area contributed by atoms with Crippen molar-refractivity contribution in [2.24, 2.45) is 0 Å². The van der Waals surface area contributed by atoms with Gasteiger partial charge in [-0.15, -0.1) is 0 Å². The van der Waals surface area contributed by atoms with E-state index >= 15 is 0 Å². The molecule has 4 heteroatoms. The fraction of sp³-hybridized carbons (Fsp3) is 0.286. The van der Waals surface area contributed by atoms with Gasteiger partial charge in [-0.05, 0) is 18.4 Å². The minimum Gasteiger partial charge on any atom is -0.349 e. The van der Waals surface area contributed by atoms with Crippen LogP contribution in [0.1, 0.15) is 24.2 Å². The number of H-pyrrole nitrogens is 1. The largest absolute Gasteiger partial charge is 0.349 e. The summed E-state index contributed by atoms with van der Waals surface area (Å²) in [6, 6.07) is 10.2. The molecule has 94 valence electrons. The van der Waals surface area contributed by atoms with Crippen molar-refractivity contribution in [1.82, 2.24) is 15.3 Å². The fourth-order valence-corrected chi connectivity index (χ4v) is 1.76. The lowest BCUT2D eigenvalue weighted by molar-refractivity contribution is -0.121. The van der Waals surface area contributed by atoms with Gasteiger partial charge >= 0.3 is 0 Å². The second-order valence-electron chi connectivity index (χ2n) is 4.15. The number of carbonyl (C=O) groups is 1. The van der Waals surface area contributed by atoms with Crippen molar-refractivity contribution in [3.8, 4) is 0 Å². The molecule has 0 saturated heterocycles. The lowest BCUT2D eigenvalue weighted by Crippen LogP contribution is -2.23. The van der Waals surface area contributed by atoms with E-state index in [1.165, 1.54) is 5.56 Å². The zero-order valence-electron chi connectivity index (χ0n) is 10.2. The van der Waals surface area contributed by atoms with E-state index in [2.05, 4.69) is 27.4 Å². The summed E-state index contributed by atoms with van der Waals surface area (Å²) in [5, 5.41) is 2.84. The van der Waals surface area contributed by atoms with E-state index in [0.29, 0.717) is 13.0 Å². The van der Waals surface area contributed by atoms with Gasteiger partial charge in [-0.25, -0.2) is 4.98 Å². The first-order valence-corrected chi connectivity index (χ1v) is 6.13. The topological polar surface area (TPSA) is 57.8 Å². The highest BCUT2D eigenvalue weighted by Crippen LogP contribution is 2.04. The zero-order chi connectivity index (χ0) is 12.6. The van der Waals surface area contributed by atoms with E-state index in [1.807, 2.05) is 18.2 Å². The monoisotopic (exact) mass is 243 g/mol. The van der Waals surface area contributed by atoms with Gasteiger partial charge in [-0.2, -0.15) is 0 Å². The number of benzene rings is 1. The summed E-state index contributed by atoms with van der Waals surface area (Å²) >= 11 is 0. The third-order valence-corrected chi connectivity index (χ3v) is 2.72. The highest BCUT2D eigenvalue weighted by Gasteiger charge is 2.02. The standard InChI is InChI=1S/C14H17N3O/c18-14(17-11-13-15-9-10-16-13)8-4-7-12-5-2-1-3-6-12/h1-3,5-6,9-10H,4,7-8,11H2,(H,15,16)(H,17,18). The first kappa shape index (κ1) is 12.4. The van der Waals surface area contributed by atoms with E-state index in [4.69, 9.17) is 0 Å². The van der Waals surface area contributed by atoms with Gasteiger partial charge < -0.3 is 10.3 Å². The number of aromatic nitrogens is 2. The van der Waals surface area contributed by atoms with Crippen molar-refractivity contribution in [3.63, 3.8) is 0 Å². The van der Waals surface area contributed by atoms with E-state index < -0.39 is 0 Å². The van der Waals surface area contributed by atoms with Crippen LogP contribution in [0.25, 0.3) is 0 Å². The number of hydrogen-bond acceptors (Lipinski definition) is 2. The quantitative estimate of drug-likeness (QED) is 0.815. The fourth-order valence-electron chi connectivity index (χ4n) is 1.76. The van der Waals surface area contributed by atoms with Gasteiger partial charge in [0.15, 0.2) is 0 Å². The summed E-state index contributed by atoms with van der Waals surface area (Å²) in [6.45, 7) is 0.469. The molecule has 0 saturated carbocycles. The molecule has 18 heavy (non-hydrogen) atoms. The molecule has 0 aliphatic heterocycles. The zero-order valence-corrected chi connectivity index (χ0v) is 10.2. The van der Waals surface area contributed by atoms with E-state index in [-0.39, 0.29) is 5.91 Å². The number of carbonyl (C=O) groups excluding carboxylic acids is 1. The maximum Gasteiger partial charge on any atom is 0.220 e. The second kappa shape index (κ2) is 6.59. The molecule has 4 nitrogen and oxygen atoms in total. The van der Waals surface area contributed by atoms with Crippen LogP contribution in [0.3, 0.4) is 0 Å². The number of imidazole rings is 1. The first-order valence-electron chi connectivity index (χ1n) is 6.13. The average Bonchev–Trinajstić information content (AvgIpc) is 2.91. The number of aryl methyl sites for hydroxylation is 1. The predicted octanol–water partition coefficient (Wildman–Crippen LogP) is 2.05. The number of rotatable bonds is 6. The second-order valence-corrected chi connectivity index (χ2v) is 4.15. The molecule has 1 aromatic heterocycles. The van der Waals surface area contributed by atoms with E-state index in [0.717, 1.165) is 18.7 Å². The van der Waals surface area contributed by atoms with Crippen LogP contribution in [0, 0.1) is 0 Å². The number of amides is 1. The van der Waals surface area contributed by atoms with Crippen LogP contribution in [0.5, 0.6) is 0 Å². The molecule has 0 aliphatic rings. The summed E-state index contributed by atoms with van der Waals surface area (Å²) < 4.78 is 0. The number of nitrogens with zero attached hydrogens (tertiary/aromatic N) is 1. The van der Waals surface area contributed by atoms with Crippen LogP contribution in [0.15, 0.2) is 42.7 Å². The van der Waals surface area contributed by atoms with Crippen molar-refractivity contribution in [2.45, 2.75) is 25.8 Å². The van der Waals surface area contributed by atoms with Gasteiger partial charge in [0.25, 0.3) is 0 Å². The molecule has 0 atom stereocenters. The van der Waals surface area contributed by atoms with Crippen LogP contribution in [-0.2, 0) is 17.8 Å². The third kappa shape index (κ3) is 4.05. The van der Waals surface area contributed by atoms with Gasteiger partial charge in [0.2, 0.25) is 5.91 Å². The number of nitrogens with one attached hydrogen (secondary N) is 2. The maximum atomic E-state index is 11.6. The molecular weight excluding hydrogens is 226 g/mol. The van der Waals surface area contributed by atoms with Crippen molar-refractivity contribution in [1.29, 1.82) is 0 Å². The van der Waals surface area contributed by atoms with Crippen molar-refractivity contribution in [2.75, 3.05) is 0 Å². The summed E-state index contributed by atoms with van der Waals surface area (Å²) in [5.74, 6) is 0.855. The minimum absolute atomic E-state index is 0.0716. The SMILES string of the molecule is O=C(CCCc1ccccc1)NCc1ncc[nH]1. The van der Waals surface area contributed by atoms with Crippen molar-refractivity contribution >= 4 is 5.91 Å². The van der Waals surface area contributed by atoms with Crippen LogP contribution in [0.4, 0.5) is 0 Å². The first-order chi connectivity index (χ1) is 8.84. The normalized spacial score (nSPS) is 10.2. The van der Waals surface area contributed by atoms with Crippen LogP contribution in [0.2, 0.25) is 0 Å². The Morgan fingerprint density at radius 3 is 2.83 bits per heavy atom. The highest BCUT2D eigenvalue weighted by molar-refractivity contribution is 5.75. The van der Waals surface area contributed by atoms with E-state index in [1.54, 1.807) is 12.4 Å². The Morgan fingerprint density at radius 2 is 2.11 bits per heavy atom. The highest BCUT2D eigenvalue weighted by atomic mass is 16.1. The van der Waals surface area contributed by atoms with Gasteiger partial charge in [-0.3, -0.25) is 4.79 Å². The molecule has 2 rings (SSSR count). The van der Waals surface area contributed by atoms with Crippen LogP contribution >= 0.6 is 0 Å². The number of hydrogen-bond donors (Lipinski definition) is 2. The third-order valence-electron chi connectivity index (χ3n) is 2.72. The molecular formula is C14H17N3O. The summed E-state index contributed by atoms with van der Waals surface area (Å²) in [6.07, 6.45) is 5.78. The number of aromatic amines is 1. The molecule has 0 unspecified atom stereocenters. The molecule has 2 aromatic rings. The minimum atomic E-state index is 0.0716.